The van der Waals surface area contributed by atoms with Crippen molar-refractivity contribution in [2.75, 3.05) is 10.2 Å². The molecule has 1 atom stereocenters. The maximum absolute atomic E-state index is 13.4. The lowest BCUT2D eigenvalue weighted by atomic mass is 10.1. The molecule has 2 amide bonds. The highest BCUT2D eigenvalue weighted by molar-refractivity contribution is 7.80. The Hall–Kier alpha value is -3.22. The topological polar surface area (TPSA) is 52.7 Å². The number of rotatable bonds is 6. The van der Waals surface area contributed by atoms with Crippen LogP contribution in [-0.2, 0) is 16.1 Å². The van der Waals surface area contributed by atoms with Gasteiger partial charge in [-0.15, -0.1) is 0 Å². The minimum absolute atomic E-state index is 0.0161. The largest absolute Gasteiger partial charge is 0.332 e. The van der Waals surface area contributed by atoms with Crippen molar-refractivity contribution < 1.29 is 9.59 Å². The molecular weight excluding hydrogens is 430 g/mol. The molecule has 0 bridgehead atoms. The molecule has 4 rings (SSSR count). The van der Waals surface area contributed by atoms with E-state index in [2.05, 4.69) is 5.32 Å². The van der Waals surface area contributed by atoms with Crippen molar-refractivity contribution in [2.45, 2.75) is 19.0 Å². The normalized spacial score (nSPS) is 16.0. The Kier molecular flexibility index (Phi) is 6.30. The lowest BCUT2D eigenvalue weighted by Crippen LogP contribution is -2.37. The summed E-state index contributed by atoms with van der Waals surface area (Å²) in [6.45, 7) is 0.422. The molecule has 156 valence electrons. The van der Waals surface area contributed by atoms with Crippen LogP contribution in [0.15, 0.2) is 84.9 Å². The van der Waals surface area contributed by atoms with Crippen molar-refractivity contribution in [1.82, 2.24) is 4.90 Å². The van der Waals surface area contributed by atoms with E-state index in [-0.39, 0.29) is 18.2 Å². The molecule has 0 radical (unpaired) electrons. The Morgan fingerprint density at radius 2 is 1.65 bits per heavy atom. The van der Waals surface area contributed by atoms with E-state index in [1.165, 1.54) is 4.90 Å². The summed E-state index contributed by atoms with van der Waals surface area (Å²) in [5.74, 6) is -0.496. The first-order valence-electron chi connectivity index (χ1n) is 9.82. The standard InChI is InChI=1S/C24H20ClN3O2S/c25-18-10-7-13-20(14-18)28-23(30)21(15-22(29)26-19-11-5-2-6-12-19)27(24(28)31)16-17-8-3-1-4-9-17/h1-14,21H,15-16H2,(H,26,29). The van der Waals surface area contributed by atoms with Crippen LogP contribution >= 0.6 is 23.8 Å². The number of benzene rings is 3. The Labute approximate surface area is 191 Å². The van der Waals surface area contributed by atoms with Crippen LogP contribution in [0.5, 0.6) is 0 Å². The zero-order valence-electron chi connectivity index (χ0n) is 16.6. The molecule has 1 aliphatic heterocycles. The van der Waals surface area contributed by atoms with E-state index in [9.17, 15) is 9.59 Å². The third kappa shape index (κ3) is 4.76. The number of carbonyl (C=O) groups excluding carboxylic acids is 2. The van der Waals surface area contributed by atoms with Gasteiger partial charge in [0, 0.05) is 17.3 Å². The number of anilines is 2. The van der Waals surface area contributed by atoms with Crippen molar-refractivity contribution in [2.24, 2.45) is 0 Å². The fourth-order valence-corrected chi connectivity index (χ4v) is 4.13. The van der Waals surface area contributed by atoms with E-state index in [4.69, 9.17) is 23.8 Å². The lowest BCUT2D eigenvalue weighted by molar-refractivity contribution is -0.124. The van der Waals surface area contributed by atoms with E-state index in [1.807, 2.05) is 48.5 Å². The van der Waals surface area contributed by atoms with Crippen molar-refractivity contribution in [3.8, 4) is 0 Å². The van der Waals surface area contributed by atoms with Gasteiger partial charge in [-0.1, -0.05) is 66.2 Å². The van der Waals surface area contributed by atoms with Gasteiger partial charge < -0.3 is 10.2 Å². The summed E-state index contributed by atoms with van der Waals surface area (Å²) in [7, 11) is 0. The predicted octanol–water partition coefficient (Wildman–Crippen LogP) is 4.87. The predicted molar refractivity (Wildman–Crippen MR) is 127 cm³/mol. The third-order valence-corrected chi connectivity index (χ3v) is 5.67. The molecule has 1 saturated heterocycles. The molecular formula is C24H20ClN3O2S. The molecule has 3 aromatic carbocycles. The Morgan fingerprint density at radius 1 is 0.968 bits per heavy atom. The number of hydrogen-bond donors (Lipinski definition) is 1. The van der Waals surface area contributed by atoms with Crippen molar-refractivity contribution in [3.05, 3.63) is 95.5 Å². The second-order valence-corrected chi connectivity index (χ2v) is 7.99. The van der Waals surface area contributed by atoms with E-state index < -0.39 is 6.04 Å². The summed E-state index contributed by atoms with van der Waals surface area (Å²) in [6, 6.07) is 25.2. The lowest BCUT2D eigenvalue weighted by Gasteiger charge is -2.24. The van der Waals surface area contributed by atoms with Gasteiger partial charge in [-0.3, -0.25) is 14.5 Å². The summed E-state index contributed by atoms with van der Waals surface area (Å²) < 4.78 is 0. The van der Waals surface area contributed by atoms with Crippen molar-refractivity contribution >= 4 is 52.1 Å². The molecule has 0 aliphatic carbocycles. The minimum atomic E-state index is -0.713. The number of nitrogens with one attached hydrogen (secondary N) is 1. The summed E-state index contributed by atoms with van der Waals surface area (Å²) in [5, 5.41) is 3.71. The van der Waals surface area contributed by atoms with Gasteiger partial charge in [-0.2, -0.15) is 0 Å². The molecule has 5 nitrogen and oxygen atoms in total. The third-order valence-electron chi connectivity index (χ3n) is 5.02. The SMILES string of the molecule is O=C(CC1C(=O)N(c2cccc(Cl)c2)C(=S)N1Cc1ccccc1)Nc1ccccc1. The Bertz CT molecular complexity index is 1110. The monoisotopic (exact) mass is 449 g/mol. The van der Waals surface area contributed by atoms with Crippen LogP contribution in [0.25, 0.3) is 0 Å². The van der Waals surface area contributed by atoms with Crippen LogP contribution in [0.4, 0.5) is 11.4 Å². The van der Waals surface area contributed by atoms with E-state index in [0.717, 1.165) is 5.56 Å². The van der Waals surface area contributed by atoms with Gasteiger partial charge in [0.1, 0.15) is 6.04 Å². The molecule has 1 fully saturated rings. The van der Waals surface area contributed by atoms with Gasteiger partial charge in [0.2, 0.25) is 5.91 Å². The van der Waals surface area contributed by atoms with Crippen molar-refractivity contribution in [1.29, 1.82) is 0 Å². The van der Waals surface area contributed by atoms with Gasteiger partial charge in [0.05, 0.1) is 12.1 Å². The Balaban J connectivity index is 1.61. The smallest absolute Gasteiger partial charge is 0.256 e. The van der Waals surface area contributed by atoms with Crippen LogP contribution in [0.3, 0.4) is 0 Å². The fourth-order valence-electron chi connectivity index (χ4n) is 3.56. The molecule has 7 heteroatoms. The zero-order valence-corrected chi connectivity index (χ0v) is 18.1. The molecule has 1 unspecified atom stereocenters. The second kappa shape index (κ2) is 9.29. The van der Waals surface area contributed by atoms with Crippen LogP contribution in [0, 0.1) is 0 Å². The Morgan fingerprint density at radius 3 is 2.32 bits per heavy atom. The molecule has 0 aromatic heterocycles. The van der Waals surface area contributed by atoms with Crippen LogP contribution in [0.2, 0.25) is 5.02 Å². The maximum Gasteiger partial charge on any atom is 0.256 e. The second-order valence-electron chi connectivity index (χ2n) is 7.18. The number of nitrogens with zero attached hydrogens (tertiary/aromatic N) is 2. The number of para-hydroxylation sites is 1. The average Bonchev–Trinajstić information content (AvgIpc) is 2.99. The molecule has 1 aliphatic rings. The molecule has 3 aromatic rings. The van der Waals surface area contributed by atoms with E-state index >= 15 is 0 Å². The highest BCUT2D eigenvalue weighted by atomic mass is 35.5. The number of amides is 2. The van der Waals surface area contributed by atoms with Gasteiger partial charge >= 0.3 is 0 Å². The summed E-state index contributed by atoms with van der Waals surface area (Å²) in [5.41, 5.74) is 2.27. The number of hydrogen-bond acceptors (Lipinski definition) is 3. The quantitative estimate of drug-likeness (QED) is 0.545. The average molecular weight is 450 g/mol. The van der Waals surface area contributed by atoms with Gasteiger partial charge in [-0.25, -0.2) is 0 Å². The fraction of sp³-hybridized carbons (Fsp3) is 0.125. The van der Waals surface area contributed by atoms with E-state index in [0.29, 0.717) is 28.1 Å². The molecule has 1 N–H and O–H groups in total. The first kappa shape index (κ1) is 21.0. The summed E-state index contributed by atoms with van der Waals surface area (Å²) >= 11 is 11.8. The van der Waals surface area contributed by atoms with Crippen LogP contribution < -0.4 is 10.2 Å². The number of halogens is 1. The summed E-state index contributed by atoms with van der Waals surface area (Å²) in [4.78, 5) is 29.4. The molecule has 0 saturated carbocycles. The van der Waals surface area contributed by atoms with Crippen LogP contribution in [-0.4, -0.2) is 27.9 Å². The van der Waals surface area contributed by atoms with Gasteiger partial charge in [-0.05, 0) is 48.1 Å². The molecule has 1 heterocycles. The zero-order chi connectivity index (χ0) is 21.8. The van der Waals surface area contributed by atoms with Gasteiger partial charge in [0.25, 0.3) is 5.91 Å². The summed E-state index contributed by atoms with van der Waals surface area (Å²) in [6.07, 6.45) is -0.0161. The highest BCUT2D eigenvalue weighted by Crippen LogP contribution is 2.30. The maximum atomic E-state index is 13.4. The first-order chi connectivity index (χ1) is 15.0. The number of carbonyl (C=O) groups is 2. The van der Waals surface area contributed by atoms with Crippen molar-refractivity contribution in [3.63, 3.8) is 0 Å². The van der Waals surface area contributed by atoms with Gasteiger partial charge in [0.15, 0.2) is 5.11 Å². The van der Waals surface area contributed by atoms with E-state index in [1.54, 1.807) is 41.3 Å². The highest BCUT2D eigenvalue weighted by Gasteiger charge is 2.44. The minimum Gasteiger partial charge on any atom is -0.332 e. The molecule has 0 spiro atoms. The molecule has 31 heavy (non-hydrogen) atoms. The number of thiocarbonyl (C=S) groups is 1. The van der Waals surface area contributed by atoms with Crippen LogP contribution in [0.1, 0.15) is 12.0 Å². The first-order valence-corrected chi connectivity index (χ1v) is 10.6.